The van der Waals surface area contributed by atoms with Gasteiger partial charge in [-0.3, -0.25) is 4.98 Å². The largest absolute Gasteiger partial charge is 0.264 e. The SMILES string of the molecule is Brc1cc(-c2cccc3ccncc23)ncn1. The Hall–Kier alpha value is -1.81. The van der Waals surface area contributed by atoms with Crippen molar-refractivity contribution in [1.29, 1.82) is 0 Å². The Morgan fingerprint density at radius 3 is 2.88 bits per heavy atom. The summed E-state index contributed by atoms with van der Waals surface area (Å²) in [5.41, 5.74) is 1.96. The van der Waals surface area contributed by atoms with E-state index in [2.05, 4.69) is 36.9 Å². The first kappa shape index (κ1) is 10.4. The fraction of sp³-hybridized carbons (Fsp3) is 0. The maximum absolute atomic E-state index is 4.29. The van der Waals surface area contributed by atoms with Crippen molar-refractivity contribution in [2.75, 3.05) is 0 Å². The molecule has 82 valence electrons. The minimum atomic E-state index is 0.781. The number of hydrogen-bond donors (Lipinski definition) is 0. The van der Waals surface area contributed by atoms with Crippen LogP contribution in [-0.2, 0) is 0 Å². The van der Waals surface area contributed by atoms with Crippen molar-refractivity contribution in [1.82, 2.24) is 15.0 Å². The molecule has 0 fully saturated rings. The molecule has 3 nitrogen and oxygen atoms in total. The standard InChI is InChI=1S/C13H8BrN3/c14-13-6-12(16-8-17-13)10-3-1-2-9-4-5-15-7-11(9)10/h1-8H. The molecule has 0 atom stereocenters. The molecule has 2 heterocycles. The zero-order chi connectivity index (χ0) is 11.7. The molecule has 0 amide bonds. The van der Waals surface area contributed by atoms with Crippen LogP contribution in [0, 0.1) is 0 Å². The van der Waals surface area contributed by atoms with Crippen LogP contribution in [0.1, 0.15) is 0 Å². The lowest BCUT2D eigenvalue weighted by molar-refractivity contribution is 1.14. The second-order valence-electron chi connectivity index (χ2n) is 3.63. The van der Waals surface area contributed by atoms with Gasteiger partial charge >= 0.3 is 0 Å². The summed E-state index contributed by atoms with van der Waals surface area (Å²) in [7, 11) is 0. The summed E-state index contributed by atoms with van der Waals surface area (Å²) in [6, 6.07) is 10.0. The van der Waals surface area contributed by atoms with Crippen molar-refractivity contribution in [3.8, 4) is 11.3 Å². The van der Waals surface area contributed by atoms with Crippen LogP contribution in [-0.4, -0.2) is 15.0 Å². The summed E-state index contributed by atoms with van der Waals surface area (Å²) in [6.07, 6.45) is 5.21. The first-order chi connectivity index (χ1) is 8.34. The summed E-state index contributed by atoms with van der Waals surface area (Å²) in [5.74, 6) is 0. The van der Waals surface area contributed by atoms with Gasteiger partial charge in [0.25, 0.3) is 0 Å². The average molecular weight is 286 g/mol. The highest BCUT2D eigenvalue weighted by Gasteiger charge is 2.05. The lowest BCUT2D eigenvalue weighted by atomic mass is 10.0. The van der Waals surface area contributed by atoms with Crippen LogP contribution in [0.4, 0.5) is 0 Å². The summed E-state index contributed by atoms with van der Waals surface area (Å²) >= 11 is 3.36. The number of rotatable bonds is 1. The summed E-state index contributed by atoms with van der Waals surface area (Å²) in [6.45, 7) is 0. The van der Waals surface area contributed by atoms with Gasteiger partial charge in [0, 0.05) is 23.3 Å². The van der Waals surface area contributed by atoms with Gasteiger partial charge in [0.05, 0.1) is 5.69 Å². The fourth-order valence-corrected chi connectivity index (χ4v) is 2.13. The number of halogens is 1. The molecule has 0 unspecified atom stereocenters. The van der Waals surface area contributed by atoms with E-state index in [1.807, 2.05) is 30.5 Å². The van der Waals surface area contributed by atoms with E-state index >= 15 is 0 Å². The smallest absolute Gasteiger partial charge is 0.117 e. The molecule has 0 saturated carbocycles. The highest BCUT2D eigenvalue weighted by Crippen LogP contribution is 2.27. The van der Waals surface area contributed by atoms with Crippen LogP contribution < -0.4 is 0 Å². The van der Waals surface area contributed by atoms with Crippen molar-refractivity contribution in [3.05, 3.63) is 53.7 Å². The van der Waals surface area contributed by atoms with Crippen LogP contribution in [0.25, 0.3) is 22.0 Å². The molecule has 3 rings (SSSR count). The fourth-order valence-electron chi connectivity index (χ4n) is 1.82. The molecule has 2 aromatic heterocycles. The molecule has 0 saturated heterocycles. The topological polar surface area (TPSA) is 38.7 Å². The van der Waals surface area contributed by atoms with Crippen molar-refractivity contribution in [2.45, 2.75) is 0 Å². The van der Waals surface area contributed by atoms with Gasteiger partial charge in [-0.05, 0) is 33.4 Å². The van der Waals surface area contributed by atoms with Gasteiger partial charge in [-0.2, -0.15) is 0 Å². The Kier molecular flexibility index (Phi) is 2.57. The van der Waals surface area contributed by atoms with Gasteiger partial charge in [-0.15, -0.1) is 0 Å². The minimum absolute atomic E-state index is 0.781. The summed E-state index contributed by atoms with van der Waals surface area (Å²) in [4.78, 5) is 12.5. The molecule has 0 aliphatic rings. The number of fused-ring (bicyclic) bond motifs is 1. The van der Waals surface area contributed by atoms with E-state index in [1.165, 1.54) is 0 Å². The van der Waals surface area contributed by atoms with Gasteiger partial charge in [-0.25, -0.2) is 9.97 Å². The minimum Gasteiger partial charge on any atom is -0.264 e. The number of aromatic nitrogens is 3. The summed E-state index contributed by atoms with van der Waals surface area (Å²) in [5, 5.41) is 2.26. The third-order valence-corrected chi connectivity index (χ3v) is 3.03. The number of hydrogen-bond acceptors (Lipinski definition) is 3. The zero-order valence-electron chi connectivity index (χ0n) is 8.84. The van der Waals surface area contributed by atoms with Crippen molar-refractivity contribution < 1.29 is 0 Å². The van der Waals surface area contributed by atoms with E-state index in [-0.39, 0.29) is 0 Å². The number of pyridine rings is 1. The molecular weight excluding hydrogens is 278 g/mol. The van der Waals surface area contributed by atoms with E-state index in [4.69, 9.17) is 0 Å². The van der Waals surface area contributed by atoms with Crippen molar-refractivity contribution in [3.63, 3.8) is 0 Å². The van der Waals surface area contributed by atoms with E-state index in [1.54, 1.807) is 12.5 Å². The Bertz CT molecular complexity index is 677. The van der Waals surface area contributed by atoms with Gasteiger partial charge in [0.2, 0.25) is 0 Å². The van der Waals surface area contributed by atoms with Crippen molar-refractivity contribution in [2.24, 2.45) is 0 Å². The molecular formula is C13H8BrN3. The molecule has 0 bridgehead atoms. The first-order valence-electron chi connectivity index (χ1n) is 5.15. The van der Waals surface area contributed by atoms with E-state index in [9.17, 15) is 0 Å². The molecule has 0 radical (unpaired) electrons. The molecule has 0 aliphatic carbocycles. The van der Waals surface area contributed by atoms with Gasteiger partial charge in [0.1, 0.15) is 10.9 Å². The average Bonchev–Trinajstić information content (AvgIpc) is 2.38. The third kappa shape index (κ3) is 1.91. The number of nitrogens with zero attached hydrogens (tertiary/aromatic N) is 3. The summed E-state index contributed by atoms with van der Waals surface area (Å²) < 4.78 is 0.781. The van der Waals surface area contributed by atoms with Crippen LogP contribution in [0.15, 0.2) is 53.7 Å². The Balaban J connectivity index is 2.30. The maximum atomic E-state index is 4.29. The second kappa shape index (κ2) is 4.22. The quantitative estimate of drug-likeness (QED) is 0.643. The van der Waals surface area contributed by atoms with Gasteiger partial charge in [-0.1, -0.05) is 18.2 Å². The molecule has 4 heteroatoms. The second-order valence-corrected chi connectivity index (χ2v) is 4.44. The Morgan fingerprint density at radius 1 is 1.06 bits per heavy atom. The lowest BCUT2D eigenvalue weighted by Crippen LogP contribution is -1.87. The molecule has 17 heavy (non-hydrogen) atoms. The van der Waals surface area contributed by atoms with Gasteiger partial charge < -0.3 is 0 Å². The normalized spacial score (nSPS) is 10.6. The predicted octanol–water partition coefficient (Wildman–Crippen LogP) is 3.45. The molecule has 3 aromatic rings. The third-order valence-electron chi connectivity index (χ3n) is 2.59. The Labute approximate surface area is 107 Å². The van der Waals surface area contributed by atoms with E-state index < -0.39 is 0 Å². The van der Waals surface area contributed by atoms with Crippen molar-refractivity contribution >= 4 is 26.7 Å². The molecule has 0 spiro atoms. The monoisotopic (exact) mass is 285 g/mol. The van der Waals surface area contributed by atoms with Crippen LogP contribution in [0.3, 0.4) is 0 Å². The highest BCUT2D eigenvalue weighted by atomic mass is 79.9. The van der Waals surface area contributed by atoms with Crippen LogP contribution in [0.2, 0.25) is 0 Å². The predicted molar refractivity (Wildman–Crippen MR) is 70.5 cm³/mol. The molecule has 0 aliphatic heterocycles. The zero-order valence-corrected chi connectivity index (χ0v) is 10.4. The Morgan fingerprint density at radius 2 is 2.00 bits per heavy atom. The van der Waals surface area contributed by atoms with E-state index in [0.29, 0.717) is 0 Å². The van der Waals surface area contributed by atoms with E-state index in [0.717, 1.165) is 26.6 Å². The van der Waals surface area contributed by atoms with Crippen LogP contribution >= 0.6 is 15.9 Å². The van der Waals surface area contributed by atoms with Crippen LogP contribution in [0.5, 0.6) is 0 Å². The van der Waals surface area contributed by atoms with Gasteiger partial charge in [0.15, 0.2) is 0 Å². The highest BCUT2D eigenvalue weighted by molar-refractivity contribution is 9.10. The number of benzene rings is 1. The molecule has 1 aromatic carbocycles. The first-order valence-corrected chi connectivity index (χ1v) is 5.94. The molecule has 0 N–H and O–H groups in total. The maximum Gasteiger partial charge on any atom is 0.117 e. The lowest BCUT2D eigenvalue weighted by Gasteiger charge is -2.05.